The molecular weight excluding hydrogens is 436 g/mol. The Balaban J connectivity index is 1.36. The van der Waals surface area contributed by atoms with Gasteiger partial charge in [0.05, 0.1) is 0 Å². The van der Waals surface area contributed by atoms with Gasteiger partial charge in [0.15, 0.2) is 11.7 Å². The van der Waals surface area contributed by atoms with Crippen molar-refractivity contribution in [2.75, 3.05) is 0 Å². The molecule has 2 heterocycles. The number of fused-ring (bicyclic) bond motifs is 8. The van der Waals surface area contributed by atoms with Gasteiger partial charge in [0.1, 0.15) is 17.8 Å². The van der Waals surface area contributed by atoms with Crippen LogP contribution in [0.2, 0.25) is 0 Å². The van der Waals surface area contributed by atoms with E-state index in [1.807, 2.05) is 6.92 Å². The van der Waals surface area contributed by atoms with Crippen LogP contribution in [0.4, 0.5) is 0 Å². The highest BCUT2D eigenvalue weighted by Crippen LogP contribution is 2.74. The van der Waals surface area contributed by atoms with E-state index in [1.165, 1.54) is 19.4 Å². The summed E-state index contributed by atoms with van der Waals surface area (Å²) < 4.78 is 23.7. The molecule has 6 rings (SSSR count). The van der Waals surface area contributed by atoms with Gasteiger partial charge in [0, 0.05) is 25.7 Å². The summed E-state index contributed by atoms with van der Waals surface area (Å²) in [7, 11) is 0. The summed E-state index contributed by atoms with van der Waals surface area (Å²) in [5.74, 6) is 0.347. The second-order valence-electron chi connectivity index (χ2n) is 12.3. The Morgan fingerprint density at radius 1 is 1.03 bits per heavy atom. The van der Waals surface area contributed by atoms with E-state index in [0.717, 1.165) is 38.5 Å². The zero-order valence-corrected chi connectivity index (χ0v) is 20.8. The van der Waals surface area contributed by atoms with Crippen molar-refractivity contribution in [1.82, 2.24) is 0 Å². The second kappa shape index (κ2) is 6.86. The number of hydrogen-bond donors (Lipinski definition) is 0. The van der Waals surface area contributed by atoms with Crippen LogP contribution in [-0.2, 0) is 33.3 Å². The van der Waals surface area contributed by atoms with Crippen molar-refractivity contribution in [3.05, 3.63) is 11.6 Å². The number of hydrogen-bond acceptors (Lipinski definition) is 7. The van der Waals surface area contributed by atoms with Gasteiger partial charge in [-0.1, -0.05) is 25.5 Å². The monoisotopic (exact) mass is 472 g/mol. The van der Waals surface area contributed by atoms with Crippen molar-refractivity contribution in [3.8, 4) is 0 Å². The second-order valence-corrected chi connectivity index (χ2v) is 12.3. The zero-order chi connectivity index (χ0) is 24.3. The normalized spacial score (nSPS) is 52.5. The molecule has 2 saturated heterocycles. The smallest absolute Gasteiger partial charge is 0.339 e. The first kappa shape index (κ1) is 22.6. The van der Waals surface area contributed by atoms with Crippen LogP contribution >= 0.6 is 0 Å². The molecule has 4 aliphatic carbocycles. The van der Waals surface area contributed by atoms with Crippen LogP contribution in [0.1, 0.15) is 79.6 Å². The molecule has 0 aromatic rings. The number of esters is 3. The van der Waals surface area contributed by atoms with Gasteiger partial charge in [-0.2, -0.15) is 0 Å². The third-order valence-electron chi connectivity index (χ3n) is 10.9. The van der Waals surface area contributed by atoms with E-state index in [9.17, 15) is 14.4 Å². The molecule has 0 amide bonds. The van der Waals surface area contributed by atoms with Gasteiger partial charge in [-0.25, -0.2) is 4.79 Å². The SMILES string of the molecule is CC(=O)OC1CC2C3CC=C4C[C@@H](OC(C)=O)CC[C@]4(C)C3CC[C@]2(C)[C@]12OC(=O)C1OC12C. The van der Waals surface area contributed by atoms with Gasteiger partial charge < -0.3 is 18.9 Å². The average molecular weight is 473 g/mol. The van der Waals surface area contributed by atoms with Crippen molar-refractivity contribution in [2.24, 2.45) is 28.6 Å². The Hall–Kier alpha value is -1.89. The molecule has 0 aromatic heterocycles. The van der Waals surface area contributed by atoms with E-state index in [4.69, 9.17) is 18.9 Å². The van der Waals surface area contributed by atoms with Crippen molar-refractivity contribution in [3.63, 3.8) is 0 Å². The zero-order valence-electron chi connectivity index (χ0n) is 20.8. The van der Waals surface area contributed by atoms with E-state index < -0.39 is 23.4 Å². The number of allylic oxidation sites excluding steroid dienone is 1. The Bertz CT molecular complexity index is 1000. The maximum Gasteiger partial charge on any atom is 0.339 e. The fraction of sp³-hybridized carbons (Fsp3) is 0.815. The van der Waals surface area contributed by atoms with Gasteiger partial charge in [0.2, 0.25) is 0 Å². The van der Waals surface area contributed by atoms with E-state index in [-0.39, 0.29) is 40.8 Å². The highest BCUT2D eigenvalue weighted by atomic mass is 16.7. The minimum absolute atomic E-state index is 0.0212. The molecule has 5 fully saturated rings. The van der Waals surface area contributed by atoms with Gasteiger partial charge in [-0.3, -0.25) is 9.59 Å². The highest BCUT2D eigenvalue weighted by Gasteiger charge is 2.88. The summed E-state index contributed by atoms with van der Waals surface area (Å²) in [5, 5.41) is 0. The van der Waals surface area contributed by atoms with Crippen molar-refractivity contribution >= 4 is 17.9 Å². The third kappa shape index (κ3) is 2.60. The van der Waals surface area contributed by atoms with E-state index in [0.29, 0.717) is 18.3 Å². The van der Waals surface area contributed by atoms with Crippen molar-refractivity contribution in [1.29, 1.82) is 0 Å². The maximum absolute atomic E-state index is 12.7. The molecule has 0 bridgehead atoms. The number of carbonyl (C=O) groups excluding carboxylic acids is 3. The quantitative estimate of drug-likeness (QED) is 0.261. The lowest BCUT2D eigenvalue weighted by Crippen LogP contribution is -2.63. The minimum Gasteiger partial charge on any atom is -0.462 e. The Morgan fingerprint density at radius 3 is 2.38 bits per heavy atom. The summed E-state index contributed by atoms with van der Waals surface area (Å²) in [6, 6.07) is 0. The fourth-order valence-electron chi connectivity index (χ4n) is 9.42. The van der Waals surface area contributed by atoms with Crippen LogP contribution in [0, 0.1) is 28.6 Å². The summed E-state index contributed by atoms with van der Waals surface area (Å²) in [4.78, 5) is 36.4. The topological polar surface area (TPSA) is 91.4 Å². The van der Waals surface area contributed by atoms with Gasteiger partial charge in [-0.15, -0.1) is 0 Å². The Kier molecular flexibility index (Phi) is 4.55. The number of carbonyl (C=O) groups is 3. The lowest BCUT2D eigenvalue weighted by Gasteiger charge is -2.59. The predicted molar refractivity (Wildman–Crippen MR) is 120 cm³/mol. The van der Waals surface area contributed by atoms with E-state index in [1.54, 1.807) is 0 Å². The van der Waals surface area contributed by atoms with E-state index in [2.05, 4.69) is 19.9 Å². The standard InChI is InChI=1S/C27H36O7/c1-14(28)31-17-8-10-24(3)16(12-17)6-7-18-19(24)9-11-25(4)20(18)13-21(32-15(2)29)27(25)26(5)22(33-26)23(30)34-27/h6,17-22H,7-13H2,1-5H3/t17-,18?,19?,20?,21?,22?,24-,25-,26?,27+/m0/s1. The van der Waals surface area contributed by atoms with Crippen LogP contribution in [0.25, 0.3) is 0 Å². The molecule has 0 N–H and O–H groups in total. The van der Waals surface area contributed by atoms with Crippen LogP contribution < -0.4 is 0 Å². The lowest BCUT2D eigenvalue weighted by atomic mass is 9.46. The molecule has 0 radical (unpaired) electrons. The Morgan fingerprint density at radius 2 is 1.76 bits per heavy atom. The first-order valence-corrected chi connectivity index (χ1v) is 12.9. The fourth-order valence-corrected chi connectivity index (χ4v) is 9.42. The number of epoxide rings is 1. The third-order valence-corrected chi connectivity index (χ3v) is 10.9. The van der Waals surface area contributed by atoms with Gasteiger partial charge >= 0.3 is 17.9 Å². The molecule has 3 saturated carbocycles. The molecule has 7 nitrogen and oxygen atoms in total. The van der Waals surface area contributed by atoms with Gasteiger partial charge in [0.25, 0.3) is 0 Å². The molecule has 7 heteroatoms. The van der Waals surface area contributed by atoms with Crippen molar-refractivity contribution in [2.45, 2.75) is 109 Å². The minimum atomic E-state index is -0.930. The summed E-state index contributed by atoms with van der Waals surface area (Å²) >= 11 is 0. The molecule has 0 aromatic carbocycles. The Labute approximate surface area is 200 Å². The lowest BCUT2D eigenvalue weighted by molar-refractivity contribution is -0.218. The number of ether oxygens (including phenoxy) is 4. The molecule has 10 atom stereocenters. The highest BCUT2D eigenvalue weighted by molar-refractivity contribution is 5.84. The predicted octanol–water partition coefficient (Wildman–Crippen LogP) is 3.88. The van der Waals surface area contributed by atoms with Crippen molar-refractivity contribution < 1.29 is 33.3 Å². The van der Waals surface area contributed by atoms with Crippen LogP contribution in [-0.4, -0.2) is 47.4 Å². The van der Waals surface area contributed by atoms with Crippen LogP contribution in [0.5, 0.6) is 0 Å². The molecule has 6 aliphatic rings. The first-order valence-electron chi connectivity index (χ1n) is 12.9. The number of rotatable bonds is 2. The van der Waals surface area contributed by atoms with Gasteiger partial charge in [-0.05, 0) is 68.6 Å². The average Bonchev–Trinajstić information content (AvgIpc) is 3.32. The molecule has 1 spiro atoms. The molecule has 34 heavy (non-hydrogen) atoms. The maximum atomic E-state index is 12.7. The first-order chi connectivity index (χ1) is 16.0. The molecule has 186 valence electrons. The summed E-state index contributed by atoms with van der Waals surface area (Å²) in [6.07, 6.45) is 7.67. The molecular formula is C27H36O7. The van der Waals surface area contributed by atoms with Crippen LogP contribution in [0.15, 0.2) is 11.6 Å². The van der Waals surface area contributed by atoms with E-state index >= 15 is 0 Å². The molecule has 2 aliphatic heterocycles. The van der Waals surface area contributed by atoms with Crippen LogP contribution in [0.3, 0.4) is 0 Å². The largest absolute Gasteiger partial charge is 0.462 e. The molecule has 6 unspecified atom stereocenters. The summed E-state index contributed by atoms with van der Waals surface area (Å²) in [6.45, 7) is 9.53. The summed E-state index contributed by atoms with van der Waals surface area (Å²) in [5.41, 5.74) is -0.462.